The quantitative estimate of drug-likeness (QED) is 0.230. The SMILES string of the molecule is [2H]C1([2H])CCC(c2cc(F)cnc2C([2H])([2H])C([2H])([2H])[C@@H](C)N2C(=O)c3ccccc3C2=O)N1c1ccn2ncc(C(=O)OCC)c2n1. The van der Waals surface area contributed by atoms with E-state index in [0.717, 1.165) is 12.3 Å². The van der Waals surface area contributed by atoms with Gasteiger partial charge in [-0.3, -0.25) is 19.5 Å². The molecule has 1 saturated heterocycles. The molecule has 2 aliphatic rings. The Morgan fingerprint density at radius 2 is 1.98 bits per heavy atom. The van der Waals surface area contributed by atoms with Gasteiger partial charge in [-0.2, -0.15) is 5.10 Å². The average molecular weight is 563 g/mol. The van der Waals surface area contributed by atoms with Gasteiger partial charge in [-0.25, -0.2) is 18.7 Å². The number of nitrogens with zero attached hydrogens (tertiary/aromatic N) is 6. The van der Waals surface area contributed by atoms with Gasteiger partial charge in [-0.15, -0.1) is 0 Å². The molecular formula is C30H29FN6O4. The topological polar surface area (TPSA) is 110 Å². The van der Waals surface area contributed by atoms with Gasteiger partial charge in [-0.05, 0) is 69.3 Å². The first-order valence-electron chi connectivity index (χ1n) is 16.1. The third-order valence-electron chi connectivity index (χ3n) is 6.96. The van der Waals surface area contributed by atoms with Crippen LogP contribution in [0.5, 0.6) is 0 Å². The fourth-order valence-electron chi connectivity index (χ4n) is 5.05. The van der Waals surface area contributed by atoms with E-state index in [-0.39, 0.29) is 53.2 Å². The van der Waals surface area contributed by atoms with Gasteiger partial charge in [-0.1, -0.05) is 12.1 Å². The number of halogens is 1. The standard InChI is InChI=1S/C30H29FN6O4/c1-3-41-30(40)23-17-33-36-14-12-26(34-27(23)36)35-13-6-9-25(35)22-15-19(31)16-32-24(22)11-10-18(2)37-28(38)20-7-4-5-8-21(20)29(37)39/h4-5,7-8,12,14-18,25H,3,6,9-11,13H2,1-2H3/t18-,25?/m1/s1/i10D2,11D2,13D2. The molecule has 1 unspecified atom stereocenters. The van der Waals surface area contributed by atoms with Gasteiger partial charge >= 0.3 is 5.97 Å². The van der Waals surface area contributed by atoms with E-state index < -0.39 is 60.6 Å². The zero-order chi connectivity index (χ0) is 34.1. The number of rotatable bonds is 8. The van der Waals surface area contributed by atoms with Crippen LogP contribution in [0.25, 0.3) is 5.65 Å². The first-order valence-corrected chi connectivity index (χ1v) is 13.1. The van der Waals surface area contributed by atoms with Crippen LogP contribution in [0.4, 0.5) is 10.2 Å². The summed E-state index contributed by atoms with van der Waals surface area (Å²) in [6.07, 6.45) is -2.60. The van der Waals surface area contributed by atoms with Crippen LogP contribution in [0.1, 0.15) is 89.7 Å². The van der Waals surface area contributed by atoms with E-state index in [1.165, 1.54) is 46.9 Å². The van der Waals surface area contributed by atoms with Crippen LogP contribution in [0.3, 0.4) is 0 Å². The minimum Gasteiger partial charge on any atom is -0.462 e. The lowest BCUT2D eigenvalue weighted by molar-refractivity contribution is 0.0526. The molecule has 0 radical (unpaired) electrons. The predicted molar refractivity (Wildman–Crippen MR) is 147 cm³/mol. The maximum absolute atomic E-state index is 14.9. The number of aryl methyl sites for hydroxylation is 1. The van der Waals surface area contributed by atoms with Crippen molar-refractivity contribution in [3.8, 4) is 0 Å². The van der Waals surface area contributed by atoms with Crippen LogP contribution in [0, 0.1) is 5.82 Å². The molecule has 4 aromatic rings. The molecule has 2 amide bonds. The van der Waals surface area contributed by atoms with Crippen LogP contribution < -0.4 is 4.90 Å². The van der Waals surface area contributed by atoms with Crippen LogP contribution in [0.15, 0.2) is 55.0 Å². The Balaban J connectivity index is 1.42. The van der Waals surface area contributed by atoms with Gasteiger partial charge in [0.25, 0.3) is 11.8 Å². The molecule has 1 aromatic carbocycles. The minimum atomic E-state index is -3.04. The third kappa shape index (κ3) is 4.71. The number of hydrogen-bond acceptors (Lipinski definition) is 8. The molecule has 1 fully saturated rings. The van der Waals surface area contributed by atoms with E-state index in [2.05, 4.69) is 15.1 Å². The Morgan fingerprint density at radius 3 is 2.71 bits per heavy atom. The summed E-state index contributed by atoms with van der Waals surface area (Å²) < 4.78 is 74.9. The van der Waals surface area contributed by atoms with Crippen molar-refractivity contribution >= 4 is 29.2 Å². The molecule has 0 N–H and O–H groups in total. The summed E-state index contributed by atoms with van der Waals surface area (Å²) in [6, 6.07) is 5.67. The Bertz CT molecular complexity index is 1900. The molecule has 0 bridgehead atoms. The van der Waals surface area contributed by atoms with E-state index in [0.29, 0.717) is 4.90 Å². The van der Waals surface area contributed by atoms with Crippen LogP contribution in [-0.4, -0.2) is 61.4 Å². The number of carbonyl (C=O) groups excluding carboxylic acids is 3. The summed E-state index contributed by atoms with van der Waals surface area (Å²) in [7, 11) is 0. The maximum atomic E-state index is 14.9. The maximum Gasteiger partial charge on any atom is 0.343 e. The molecule has 0 spiro atoms. The van der Waals surface area contributed by atoms with E-state index in [9.17, 15) is 18.8 Å². The third-order valence-corrected chi connectivity index (χ3v) is 6.96. The molecule has 2 aliphatic heterocycles. The van der Waals surface area contributed by atoms with Crippen molar-refractivity contribution in [1.29, 1.82) is 0 Å². The lowest BCUT2D eigenvalue weighted by Gasteiger charge is -2.28. The Labute approximate surface area is 244 Å². The van der Waals surface area contributed by atoms with Gasteiger partial charge in [0.1, 0.15) is 17.2 Å². The Morgan fingerprint density at radius 1 is 1.22 bits per heavy atom. The van der Waals surface area contributed by atoms with Crippen molar-refractivity contribution in [2.75, 3.05) is 18.0 Å². The molecule has 0 aliphatic carbocycles. The van der Waals surface area contributed by atoms with Crippen molar-refractivity contribution in [3.05, 3.63) is 88.8 Å². The second-order valence-electron chi connectivity index (χ2n) is 9.48. The number of carbonyl (C=O) groups is 3. The Hall–Kier alpha value is -4.67. The van der Waals surface area contributed by atoms with E-state index in [1.807, 2.05) is 0 Å². The van der Waals surface area contributed by atoms with E-state index in [1.54, 1.807) is 19.1 Å². The number of ether oxygens (including phenoxy) is 1. The Kier molecular flexibility index (Phi) is 5.29. The second-order valence-corrected chi connectivity index (χ2v) is 9.48. The van der Waals surface area contributed by atoms with Crippen molar-refractivity contribution < 1.29 is 31.7 Å². The highest BCUT2D eigenvalue weighted by atomic mass is 19.1. The monoisotopic (exact) mass is 562 g/mol. The minimum absolute atomic E-state index is 0.0224. The molecule has 210 valence electrons. The highest BCUT2D eigenvalue weighted by Crippen LogP contribution is 2.37. The van der Waals surface area contributed by atoms with Gasteiger partial charge in [0.2, 0.25) is 0 Å². The molecule has 6 rings (SSSR count). The van der Waals surface area contributed by atoms with Gasteiger partial charge < -0.3 is 9.64 Å². The molecule has 11 heteroatoms. The predicted octanol–water partition coefficient (Wildman–Crippen LogP) is 4.40. The molecule has 3 aromatic heterocycles. The molecule has 41 heavy (non-hydrogen) atoms. The summed E-state index contributed by atoms with van der Waals surface area (Å²) in [4.78, 5) is 49.3. The number of fused-ring (bicyclic) bond motifs is 2. The number of benzene rings is 1. The fraction of sp³-hybridized carbons (Fsp3) is 0.333. The number of aromatic nitrogens is 4. The average Bonchev–Trinajstić information content (AvgIpc) is 3.67. The summed E-state index contributed by atoms with van der Waals surface area (Å²) >= 11 is 0. The highest BCUT2D eigenvalue weighted by Gasteiger charge is 2.38. The lowest BCUT2D eigenvalue weighted by Crippen LogP contribution is -2.38. The summed E-state index contributed by atoms with van der Waals surface area (Å²) in [5.74, 6) is -3.08. The normalized spacial score (nSPS) is 21.5. The molecule has 5 heterocycles. The number of hydrogen-bond donors (Lipinski definition) is 0. The molecule has 0 saturated carbocycles. The number of pyridine rings is 1. The summed E-state index contributed by atoms with van der Waals surface area (Å²) in [5, 5.41) is 4.10. The zero-order valence-corrected chi connectivity index (χ0v) is 22.2. The molecule has 10 nitrogen and oxygen atoms in total. The smallest absolute Gasteiger partial charge is 0.343 e. The lowest BCUT2D eigenvalue weighted by atomic mass is 9.98. The van der Waals surface area contributed by atoms with Crippen LogP contribution in [-0.2, 0) is 11.1 Å². The molecular weight excluding hydrogens is 527 g/mol. The van der Waals surface area contributed by atoms with Crippen LogP contribution >= 0.6 is 0 Å². The largest absolute Gasteiger partial charge is 0.462 e. The van der Waals surface area contributed by atoms with Crippen molar-refractivity contribution in [2.45, 2.75) is 51.5 Å². The second kappa shape index (κ2) is 10.7. The van der Waals surface area contributed by atoms with Crippen molar-refractivity contribution in [2.24, 2.45) is 0 Å². The number of imide groups is 1. The first kappa shape index (κ1) is 20.2. The zero-order valence-electron chi connectivity index (χ0n) is 28.2. The van der Waals surface area contributed by atoms with Crippen molar-refractivity contribution in [3.63, 3.8) is 0 Å². The molecule has 2 atom stereocenters. The number of amides is 2. The van der Waals surface area contributed by atoms with Gasteiger partial charge in [0.15, 0.2) is 5.65 Å². The number of anilines is 1. The first-order chi connectivity index (χ1) is 22.1. The highest BCUT2D eigenvalue weighted by molar-refractivity contribution is 6.21. The van der Waals surface area contributed by atoms with Gasteiger partial charge in [0, 0.05) is 32.7 Å². The fourth-order valence-corrected chi connectivity index (χ4v) is 5.05. The van der Waals surface area contributed by atoms with E-state index >= 15 is 0 Å². The van der Waals surface area contributed by atoms with E-state index in [4.69, 9.17) is 13.0 Å². The summed E-state index contributed by atoms with van der Waals surface area (Å²) in [6.45, 7) is 0.860. The number of esters is 1. The summed E-state index contributed by atoms with van der Waals surface area (Å²) in [5.41, 5.74) is -0.433. The van der Waals surface area contributed by atoms with Crippen LogP contribution in [0.2, 0.25) is 0 Å². The van der Waals surface area contributed by atoms with Gasteiger partial charge in [0.05, 0.1) is 36.2 Å². The van der Waals surface area contributed by atoms with Crippen molar-refractivity contribution in [1.82, 2.24) is 24.5 Å².